The Bertz CT molecular complexity index is 699. The smallest absolute Gasteiger partial charge is 0.338 e. The molecular weight excluding hydrogens is 300 g/mol. The van der Waals surface area contributed by atoms with Crippen LogP contribution in [-0.4, -0.2) is 23.8 Å². The van der Waals surface area contributed by atoms with E-state index in [-0.39, 0.29) is 12.3 Å². The summed E-state index contributed by atoms with van der Waals surface area (Å²) in [6.45, 7) is 0. The summed E-state index contributed by atoms with van der Waals surface area (Å²) in [6, 6.07) is 15.3. The lowest BCUT2D eigenvalue weighted by molar-refractivity contribution is -0.163. The molecule has 2 atom stereocenters. The highest BCUT2D eigenvalue weighted by atomic mass is 35.5. The number of esters is 1. The first-order valence-electron chi connectivity index (χ1n) is 7.17. The standard InChI is InChI=1S/C18H17ClO3/c1-22-17(20)18(21)11-13-10-14(19)7-8-15(13)16(18)9-12-5-3-2-4-6-12/h2-8,10,16,21H,9,11H2,1H3. The van der Waals surface area contributed by atoms with Crippen molar-refractivity contribution in [1.82, 2.24) is 0 Å². The molecular formula is C18H17ClO3. The van der Waals surface area contributed by atoms with Crippen LogP contribution in [0.4, 0.5) is 0 Å². The Balaban J connectivity index is 2.03. The van der Waals surface area contributed by atoms with Gasteiger partial charge in [0.15, 0.2) is 5.60 Å². The first-order valence-corrected chi connectivity index (χ1v) is 7.55. The number of carbonyl (C=O) groups excluding carboxylic acids is 1. The SMILES string of the molecule is COC(=O)C1(O)Cc2cc(Cl)ccc2C1Cc1ccccc1. The van der Waals surface area contributed by atoms with E-state index >= 15 is 0 Å². The van der Waals surface area contributed by atoms with E-state index in [2.05, 4.69) is 0 Å². The second kappa shape index (κ2) is 5.75. The molecule has 2 unspecified atom stereocenters. The second-order valence-corrected chi connectivity index (χ2v) is 6.11. The molecule has 0 fully saturated rings. The molecule has 2 aromatic rings. The third-order valence-corrected chi connectivity index (χ3v) is 4.57. The molecule has 3 rings (SSSR count). The lowest BCUT2D eigenvalue weighted by Crippen LogP contribution is -2.44. The van der Waals surface area contributed by atoms with E-state index in [4.69, 9.17) is 16.3 Å². The predicted molar refractivity (Wildman–Crippen MR) is 85.0 cm³/mol. The minimum Gasteiger partial charge on any atom is -0.467 e. The summed E-state index contributed by atoms with van der Waals surface area (Å²) in [5.41, 5.74) is 1.39. The quantitative estimate of drug-likeness (QED) is 0.885. The second-order valence-electron chi connectivity index (χ2n) is 5.68. The number of fused-ring (bicyclic) bond motifs is 1. The van der Waals surface area contributed by atoms with Crippen LogP contribution in [0.25, 0.3) is 0 Å². The summed E-state index contributed by atoms with van der Waals surface area (Å²) >= 11 is 6.04. The van der Waals surface area contributed by atoms with Gasteiger partial charge in [0.2, 0.25) is 0 Å². The normalized spacial score (nSPS) is 23.1. The molecule has 1 aliphatic carbocycles. The summed E-state index contributed by atoms with van der Waals surface area (Å²) in [4.78, 5) is 12.2. The van der Waals surface area contributed by atoms with Crippen molar-refractivity contribution >= 4 is 17.6 Å². The van der Waals surface area contributed by atoms with Gasteiger partial charge in [0.25, 0.3) is 0 Å². The number of halogens is 1. The van der Waals surface area contributed by atoms with Gasteiger partial charge >= 0.3 is 5.97 Å². The fourth-order valence-electron chi connectivity index (χ4n) is 3.26. The van der Waals surface area contributed by atoms with Gasteiger partial charge in [0.05, 0.1) is 7.11 Å². The molecule has 0 amide bonds. The zero-order valence-corrected chi connectivity index (χ0v) is 13.0. The molecule has 0 spiro atoms. The molecule has 114 valence electrons. The van der Waals surface area contributed by atoms with Gasteiger partial charge in [-0.3, -0.25) is 0 Å². The van der Waals surface area contributed by atoms with Crippen molar-refractivity contribution in [2.45, 2.75) is 24.4 Å². The van der Waals surface area contributed by atoms with E-state index in [0.717, 1.165) is 16.7 Å². The first-order chi connectivity index (χ1) is 10.5. The number of methoxy groups -OCH3 is 1. The van der Waals surface area contributed by atoms with E-state index < -0.39 is 11.6 Å². The topological polar surface area (TPSA) is 46.5 Å². The number of ether oxygens (including phenoxy) is 1. The highest BCUT2D eigenvalue weighted by Crippen LogP contribution is 2.44. The lowest BCUT2D eigenvalue weighted by Gasteiger charge is -2.27. The predicted octanol–water partition coefficient (Wildman–Crippen LogP) is 3.13. The number of hydrogen-bond acceptors (Lipinski definition) is 3. The molecule has 0 radical (unpaired) electrons. The Morgan fingerprint density at radius 2 is 2.05 bits per heavy atom. The van der Waals surface area contributed by atoms with E-state index in [1.54, 1.807) is 6.07 Å². The molecule has 1 N–H and O–H groups in total. The number of hydrogen-bond donors (Lipinski definition) is 1. The number of carbonyl (C=O) groups is 1. The third-order valence-electron chi connectivity index (χ3n) is 4.34. The zero-order valence-electron chi connectivity index (χ0n) is 12.3. The number of rotatable bonds is 3. The van der Waals surface area contributed by atoms with Gasteiger partial charge in [0.1, 0.15) is 0 Å². The average Bonchev–Trinajstić information content (AvgIpc) is 2.80. The van der Waals surface area contributed by atoms with Crippen molar-refractivity contribution in [3.63, 3.8) is 0 Å². The van der Waals surface area contributed by atoms with Crippen LogP contribution in [0.15, 0.2) is 48.5 Å². The van der Waals surface area contributed by atoms with Crippen LogP contribution in [0.3, 0.4) is 0 Å². The summed E-state index contributed by atoms with van der Waals surface area (Å²) in [7, 11) is 1.30. The molecule has 1 aliphatic rings. The van der Waals surface area contributed by atoms with Crippen molar-refractivity contribution in [3.05, 3.63) is 70.2 Å². The molecule has 2 aromatic carbocycles. The Hall–Kier alpha value is -1.84. The molecule has 0 aliphatic heterocycles. The zero-order chi connectivity index (χ0) is 15.7. The van der Waals surface area contributed by atoms with E-state index in [1.165, 1.54) is 7.11 Å². The van der Waals surface area contributed by atoms with Crippen LogP contribution in [-0.2, 0) is 22.4 Å². The summed E-state index contributed by atoms with van der Waals surface area (Å²) in [6.07, 6.45) is 0.800. The molecule has 4 heteroatoms. The molecule has 0 bridgehead atoms. The highest BCUT2D eigenvalue weighted by Gasteiger charge is 2.51. The first kappa shape index (κ1) is 15.1. The van der Waals surface area contributed by atoms with Crippen LogP contribution >= 0.6 is 11.6 Å². The van der Waals surface area contributed by atoms with Crippen molar-refractivity contribution < 1.29 is 14.6 Å². The van der Waals surface area contributed by atoms with E-state index in [1.807, 2.05) is 42.5 Å². The van der Waals surface area contributed by atoms with Crippen LogP contribution in [0, 0.1) is 0 Å². The van der Waals surface area contributed by atoms with Gasteiger partial charge in [0, 0.05) is 17.4 Å². The van der Waals surface area contributed by atoms with Crippen LogP contribution in [0.1, 0.15) is 22.6 Å². The minimum atomic E-state index is -1.54. The minimum absolute atomic E-state index is 0.229. The van der Waals surface area contributed by atoms with Crippen molar-refractivity contribution in [1.29, 1.82) is 0 Å². The Labute approximate surface area is 134 Å². The number of benzene rings is 2. The largest absolute Gasteiger partial charge is 0.467 e. The van der Waals surface area contributed by atoms with Crippen molar-refractivity contribution in [2.24, 2.45) is 0 Å². The molecule has 0 aromatic heterocycles. The maximum atomic E-state index is 12.2. The van der Waals surface area contributed by atoms with Gasteiger partial charge in [-0.1, -0.05) is 48.0 Å². The maximum Gasteiger partial charge on any atom is 0.338 e. The van der Waals surface area contributed by atoms with Gasteiger partial charge in [-0.25, -0.2) is 4.79 Å². The van der Waals surface area contributed by atoms with E-state index in [0.29, 0.717) is 11.4 Å². The molecule has 0 heterocycles. The molecule has 22 heavy (non-hydrogen) atoms. The fraction of sp³-hybridized carbons (Fsp3) is 0.278. The fourth-order valence-corrected chi connectivity index (χ4v) is 3.45. The third kappa shape index (κ3) is 2.51. The summed E-state index contributed by atoms with van der Waals surface area (Å²) < 4.78 is 4.84. The average molecular weight is 317 g/mol. The van der Waals surface area contributed by atoms with Crippen LogP contribution in [0.5, 0.6) is 0 Å². The summed E-state index contributed by atoms with van der Waals surface area (Å²) in [5.74, 6) is -0.935. The van der Waals surface area contributed by atoms with Crippen LogP contribution < -0.4 is 0 Å². The highest BCUT2D eigenvalue weighted by molar-refractivity contribution is 6.30. The Morgan fingerprint density at radius 3 is 2.73 bits per heavy atom. The maximum absolute atomic E-state index is 12.2. The molecule has 3 nitrogen and oxygen atoms in total. The van der Waals surface area contributed by atoms with E-state index in [9.17, 15) is 9.90 Å². The Kier molecular flexibility index (Phi) is 3.94. The number of aliphatic hydroxyl groups is 1. The lowest BCUT2D eigenvalue weighted by atomic mass is 9.83. The molecule has 0 saturated heterocycles. The molecule has 0 saturated carbocycles. The Morgan fingerprint density at radius 1 is 1.32 bits per heavy atom. The van der Waals surface area contributed by atoms with Gasteiger partial charge in [-0.15, -0.1) is 0 Å². The van der Waals surface area contributed by atoms with Crippen LogP contribution in [0.2, 0.25) is 5.02 Å². The van der Waals surface area contributed by atoms with Gasteiger partial charge < -0.3 is 9.84 Å². The van der Waals surface area contributed by atoms with Crippen molar-refractivity contribution in [2.75, 3.05) is 7.11 Å². The van der Waals surface area contributed by atoms with Crippen molar-refractivity contribution in [3.8, 4) is 0 Å². The summed E-state index contributed by atoms with van der Waals surface area (Å²) in [5, 5.41) is 11.6. The monoisotopic (exact) mass is 316 g/mol. The van der Waals surface area contributed by atoms with Gasteiger partial charge in [-0.2, -0.15) is 0 Å². The van der Waals surface area contributed by atoms with Gasteiger partial charge in [-0.05, 0) is 35.2 Å².